The lowest BCUT2D eigenvalue weighted by atomic mass is 10.2. The highest BCUT2D eigenvalue weighted by Crippen LogP contribution is 2.30. The largest absolute Gasteiger partial charge is 0.478 e. The van der Waals surface area contributed by atoms with Gasteiger partial charge in [-0.1, -0.05) is 0 Å². The fraction of sp³-hybridized carbons (Fsp3) is 0.0769. The van der Waals surface area contributed by atoms with E-state index in [2.05, 4.69) is 5.10 Å². The lowest BCUT2D eigenvalue weighted by Crippen LogP contribution is -1.99. The highest BCUT2D eigenvalue weighted by molar-refractivity contribution is 5.95. The van der Waals surface area contributed by atoms with Gasteiger partial charge < -0.3 is 9.52 Å². The minimum atomic E-state index is -1.09. The monoisotopic (exact) mass is 260 g/mol. The molecule has 0 saturated heterocycles. The summed E-state index contributed by atoms with van der Waals surface area (Å²) >= 11 is 0. The molecule has 0 aliphatic carbocycles. The van der Waals surface area contributed by atoms with Gasteiger partial charge in [0.05, 0.1) is 6.20 Å². The summed E-state index contributed by atoms with van der Waals surface area (Å²) in [4.78, 5) is 11.1. The van der Waals surface area contributed by atoms with Crippen molar-refractivity contribution in [3.63, 3.8) is 0 Å². The van der Waals surface area contributed by atoms with Crippen LogP contribution in [-0.4, -0.2) is 20.9 Å². The first-order valence-corrected chi connectivity index (χ1v) is 5.51. The van der Waals surface area contributed by atoms with E-state index < -0.39 is 5.97 Å². The number of aromatic nitrogens is 2. The van der Waals surface area contributed by atoms with E-state index in [1.54, 1.807) is 13.1 Å². The van der Waals surface area contributed by atoms with Crippen molar-refractivity contribution >= 4 is 16.9 Å². The standard InChI is InChI=1S/C13H9FN2O3/c1-16-12(9(6-15-16)13(17)18)11-5-7-4-8(14)2-3-10(7)19-11/h2-6H,1H3,(H,17,18). The summed E-state index contributed by atoms with van der Waals surface area (Å²) in [5.74, 6) is -1.11. The average Bonchev–Trinajstić information content (AvgIpc) is 2.91. The molecule has 3 rings (SSSR count). The van der Waals surface area contributed by atoms with Crippen LogP contribution in [0, 0.1) is 5.82 Å². The number of hydrogen-bond donors (Lipinski definition) is 1. The number of rotatable bonds is 2. The SMILES string of the molecule is Cn1ncc(C(=O)O)c1-c1cc2cc(F)ccc2o1. The number of hydrogen-bond acceptors (Lipinski definition) is 3. The van der Waals surface area contributed by atoms with Gasteiger partial charge in [-0.3, -0.25) is 4.68 Å². The fourth-order valence-electron chi connectivity index (χ4n) is 2.02. The molecule has 5 nitrogen and oxygen atoms in total. The first-order valence-electron chi connectivity index (χ1n) is 5.51. The van der Waals surface area contributed by atoms with E-state index in [-0.39, 0.29) is 11.4 Å². The summed E-state index contributed by atoms with van der Waals surface area (Å²) in [6.07, 6.45) is 1.26. The maximum absolute atomic E-state index is 13.1. The molecule has 1 N–H and O–H groups in total. The summed E-state index contributed by atoms with van der Waals surface area (Å²) in [7, 11) is 1.62. The van der Waals surface area contributed by atoms with Crippen LogP contribution in [0.3, 0.4) is 0 Å². The lowest BCUT2D eigenvalue weighted by molar-refractivity contribution is 0.0697. The Morgan fingerprint density at radius 1 is 1.42 bits per heavy atom. The van der Waals surface area contributed by atoms with Crippen molar-refractivity contribution in [2.45, 2.75) is 0 Å². The van der Waals surface area contributed by atoms with Gasteiger partial charge in [-0.2, -0.15) is 5.10 Å². The predicted octanol–water partition coefficient (Wildman–Crippen LogP) is 2.67. The second-order valence-electron chi connectivity index (χ2n) is 4.13. The number of furan rings is 1. The van der Waals surface area contributed by atoms with Gasteiger partial charge in [-0.05, 0) is 24.3 Å². The minimum absolute atomic E-state index is 0.0435. The second kappa shape index (κ2) is 3.94. The van der Waals surface area contributed by atoms with Crippen LogP contribution in [0.4, 0.5) is 4.39 Å². The Hall–Kier alpha value is -2.63. The van der Waals surface area contributed by atoms with Gasteiger partial charge in [0.15, 0.2) is 5.76 Å². The van der Waals surface area contributed by atoms with Crippen molar-refractivity contribution in [2.24, 2.45) is 7.05 Å². The van der Waals surface area contributed by atoms with Crippen molar-refractivity contribution in [1.82, 2.24) is 9.78 Å². The molecule has 0 amide bonds. The van der Waals surface area contributed by atoms with Crippen molar-refractivity contribution in [2.75, 3.05) is 0 Å². The van der Waals surface area contributed by atoms with Crippen LogP contribution in [0.25, 0.3) is 22.4 Å². The number of benzene rings is 1. The normalized spacial score (nSPS) is 11.1. The number of carbonyl (C=O) groups is 1. The number of carboxylic acids is 1. The molecule has 1 aromatic carbocycles. The third-order valence-electron chi connectivity index (χ3n) is 2.88. The Morgan fingerprint density at radius 3 is 2.95 bits per heavy atom. The third-order valence-corrected chi connectivity index (χ3v) is 2.88. The van der Waals surface area contributed by atoms with Crippen molar-refractivity contribution < 1.29 is 18.7 Å². The molecule has 0 bridgehead atoms. The number of aryl methyl sites for hydroxylation is 1. The number of nitrogens with zero attached hydrogens (tertiary/aromatic N) is 2. The molecule has 3 aromatic rings. The first kappa shape index (κ1) is 11.5. The molecule has 0 atom stereocenters. The molecule has 0 aliphatic heterocycles. The van der Waals surface area contributed by atoms with Crippen molar-refractivity contribution in [3.8, 4) is 11.5 Å². The van der Waals surface area contributed by atoms with Crippen molar-refractivity contribution in [3.05, 3.63) is 41.8 Å². The zero-order valence-corrected chi connectivity index (χ0v) is 9.92. The summed E-state index contributed by atoms with van der Waals surface area (Å²) in [5, 5.41) is 13.6. The van der Waals surface area contributed by atoms with E-state index in [1.807, 2.05) is 0 Å². The maximum atomic E-state index is 13.1. The van der Waals surface area contributed by atoms with Crippen LogP contribution in [-0.2, 0) is 7.05 Å². The lowest BCUT2D eigenvalue weighted by Gasteiger charge is -1.99. The summed E-state index contributed by atoms with van der Waals surface area (Å²) < 4.78 is 20.1. The van der Waals surface area contributed by atoms with Gasteiger partial charge >= 0.3 is 5.97 Å². The molecule has 0 spiro atoms. The highest BCUT2D eigenvalue weighted by Gasteiger charge is 2.20. The van der Waals surface area contributed by atoms with Crippen LogP contribution >= 0.6 is 0 Å². The molecular weight excluding hydrogens is 251 g/mol. The summed E-state index contributed by atoms with van der Waals surface area (Å²) in [6.45, 7) is 0. The van der Waals surface area contributed by atoms with Gasteiger partial charge in [0.1, 0.15) is 22.7 Å². The maximum Gasteiger partial charge on any atom is 0.339 e. The Labute approximate surface area is 106 Å². The quantitative estimate of drug-likeness (QED) is 0.769. The molecule has 19 heavy (non-hydrogen) atoms. The van der Waals surface area contributed by atoms with E-state index in [1.165, 1.54) is 29.1 Å². The molecule has 96 valence electrons. The zero-order chi connectivity index (χ0) is 13.6. The smallest absolute Gasteiger partial charge is 0.339 e. The first-order chi connectivity index (χ1) is 9.06. The molecule has 0 saturated carbocycles. The van der Waals surface area contributed by atoms with Crippen LogP contribution in [0.1, 0.15) is 10.4 Å². The third kappa shape index (κ3) is 1.77. The molecule has 0 unspecified atom stereocenters. The molecule has 2 heterocycles. The molecule has 6 heteroatoms. The highest BCUT2D eigenvalue weighted by atomic mass is 19.1. The molecule has 0 fully saturated rings. The van der Waals surface area contributed by atoms with Gasteiger partial charge in [0, 0.05) is 12.4 Å². The number of carboxylic acid groups (broad SMARTS) is 1. The van der Waals surface area contributed by atoms with Gasteiger partial charge in [-0.15, -0.1) is 0 Å². The summed E-state index contributed by atoms with van der Waals surface area (Å²) in [6, 6.07) is 5.73. The fourth-order valence-corrected chi connectivity index (χ4v) is 2.02. The minimum Gasteiger partial charge on any atom is -0.478 e. The molecule has 0 aliphatic rings. The van der Waals surface area contributed by atoms with Crippen LogP contribution in [0.2, 0.25) is 0 Å². The Kier molecular flexibility index (Phi) is 2.38. The molecule has 0 radical (unpaired) electrons. The van der Waals surface area contributed by atoms with Gasteiger partial charge in [0.25, 0.3) is 0 Å². The van der Waals surface area contributed by atoms with Gasteiger partial charge in [0.2, 0.25) is 0 Å². The number of aromatic carboxylic acids is 1. The Morgan fingerprint density at radius 2 is 2.21 bits per heavy atom. The number of fused-ring (bicyclic) bond motifs is 1. The predicted molar refractivity (Wildman–Crippen MR) is 65.3 cm³/mol. The van der Waals surface area contributed by atoms with Crippen molar-refractivity contribution in [1.29, 1.82) is 0 Å². The number of halogens is 1. The molecular formula is C13H9FN2O3. The summed E-state index contributed by atoms with van der Waals surface area (Å²) in [5.41, 5.74) is 0.889. The van der Waals surface area contributed by atoms with E-state index in [0.29, 0.717) is 22.4 Å². The van der Waals surface area contributed by atoms with E-state index in [4.69, 9.17) is 9.52 Å². The molecule has 2 aromatic heterocycles. The van der Waals surface area contributed by atoms with E-state index in [9.17, 15) is 9.18 Å². The van der Waals surface area contributed by atoms with Crippen LogP contribution in [0.5, 0.6) is 0 Å². The van der Waals surface area contributed by atoms with Crippen LogP contribution in [0.15, 0.2) is 34.9 Å². The average molecular weight is 260 g/mol. The zero-order valence-electron chi connectivity index (χ0n) is 9.92. The van der Waals surface area contributed by atoms with Crippen LogP contribution < -0.4 is 0 Å². The Bertz CT molecular complexity index is 788. The van der Waals surface area contributed by atoms with E-state index >= 15 is 0 Å². The second-order valence-corrected chi connectivity index (χ2v) is 4.13. The van der Waals surface area contributed by atoms with E-state index in [0.717, 1.165) is 0 Å². The Balaban J connectivity index is 2.24. The topological polar surface area (TPSA) is 68.3 Å². The van der Waals surface area contributed by atoms with Gasteiger partial charge in [-0.25, -0.2) is 9.18 Å².